The minimum Gasteiger partial charge on any atom is -0.478 e. The van der Waals surface area contributed by atoms with Gasteiger partial charge in [0, 0.05) is 35.4 Å². The van der Waals surface area contributed by atoms with E-state index < -0.39 is 26.8 Å². The fourth-order valence-electron chi connectivity index (χ4n) is 1.84. The molecule has 0 spiro atoms. The van der Waals surface area contributed by atoms with Crippen LogP contribution in [0.25, 0.3) is 0 Å². The molecule has 1 aromatic rings. The summed E-state index contributed by atoms with van der Waals surface area (Å²) in [5.74, 6) is -0.705. The third-order valence-electron chi connectivity index (χ3n) is 2.94. The van der Waals surface area contributed by atoms with Crippen molar-refractivity contribution in [1.82, 2.24) is 4.31 Å². The first-order chi connectivity index (χ1) is 9.32. The summed E-state index contributed by atoms with van der Waals surface area (Å²) in [4.78, 5) is 10.9. The number of benzene rings is 1. The molecule has 0 bridgehead atoms. The van der Waals surface area contributed by atoms with Gasteiger partial charge in [0.05, 0.1) is 15.5 Å². The van der Waals surface area contributed by atoms with Gasteiger partial charge in [0.2, 0.25) is 10.0 Å². The van der Waals surface area contributed by atoms with Gasteiger partial charge in [-0.3, -0.25) is 4.21 Å². The lowest BCUT2D eigenvalue weighted by molar-refractivity contribution is 0.0697. The van der Waals surface area contributed by atoms with Gasteiger partial charge in [-0.05, 0) is 18.2 Å². The van der Waals surface area contributed by atoms with Crippen LogP contribution in [0.4, 0.5) is 0 Å². The number of hydrogen-bond donors (Lipinski definition) is 1. The van der Waals surface area contributed by atoms with Gasteiger partial charge in [-0.1, -0.05) is 11.6 Å². The maximum absolute atomic E-state index is 12.4. The highest BCUT2D eigenvalue weighted by Crippen LogP contribution is 2.23. The number of hydrogen-bond acceptors (Lipinski definition) is 4. The van der Waals surface area contributed by atoms with Crippen molar-refractivity contribution in [3.05, 3.63) is 28.8 Å². The van der Waals surface area contributed by atoms with Gasteiger partial charge in [0.25, 0.3) is 0 Å². The fraction of sp³-hybridized carbons (Fsp3) is 0.364. The molecule has 6 nitrogen and oxygen atoms in total. The molecule has 9 heteroatoms. The molecule has 0 saturated carbocycles. The average Bonchev–Trinajstić information content (AvgIpc) is 2.39. The fourth-order valence-corrected chi connectivity index (χ4v) is 4.79. The van der Waals surface area contributed by atoms with Crippen LogP contribution in [0.2, 0.25) is 5.02 Å². The van der Waals surface area contributed by atoms with Gasteiger partial charge < -0.3 is 5.11 Å². The lowest BCUT2D eigenvalue weighted by Gasteiger charge is -2.25. The van der Waals surface area contributed by atoms with Crippen LogP contribution in [0.3, 0.4) is 0 Å². The Kier molecular flexibility index (Phi) is 4.48. The first-order valence-electron chi connectivity index (χ1n) is 5.70. The van der Waals surface area contributed by atoms with E-state index in [4.69, 9.17) is 16.7 Å². The van der Waals surface area contributed by atoms with E-state index in [1.165, 1.54) is 16.4 Å². The highest BCUT2D eigenvalue weighted by Gasteiger charge is 2.29. The largest absolute Gasteiger partial charge is 0.478 e. The van der Waals surface area contributed by atoms with E-state index in [1.54, 1.807) is 0 Å². The van der Waals surface area contributed by atoms with Crippen LogP contribution in [0.15, 0.2) is 23.1 Å². The molecule has 1 N–H and O–H groups in total. The van der Waals surface area contributed by atoms with E-state index in [0.717, 1.165) is 6.07 Å². The summed E-state index contributed by atoms with van der Waals surface area (Å²) in [6.45, 7) is 0.333. The van der Waals surface area contributed by atoms with Crippen LogP contribution in [-0.4, -0.2) is 52.6 Å². The highest BCUT2D eigenvalue weighted by molar-refractivity contribution is 7.89. The third kappa shape index (κ3) is 3.03. The van der Waals surface area contributed by atoms with Crippen molar-refractivity contribution in [3.8, 4) is 0 Å². The molecule has 0 atom stereocenters. The van der Waals surface area contributed by atoms with Crippen molar-refractivity contribution in [3.63, 3.8) is 0 Å². The minimum absolute atomic E-state index is 0.0174. The Morgan fingerprint density at radius 3 is 2.45 bits per heavy atom. The molecule has 1 aliphatic rings. The predicted molar refractivity (Wildman–Crippen MR) is 75.0 cm³/mol. The van der Waals surface area contributed by atoms with Gasteiger partial charge in [-0.15, -0.1) is 0 Å². The second kappa shape index (κ2) is 5.80. The molecule has 20 heavy (non-hydrogen) atoms. The van der Waals surface area contributed by atoms with Crippen molar-refractivity contribution >= 4 is 38.4 Å². The van der Waals surface area contributed by atoms with E-state index in [2.05, 4.69) is 0 Å². The number of sulfonamides is 1. The van der Waals surface area contributed by atoms with Gasteiger partial charge in [-0.25, -0.2) is 13.2 Å². The Labute approximate surface area is 123 Å². The van der Waals surface area contributed by atoms with Crippen LogP contribution >= 0.6 is 11.6 Å². The number of nitrogens with zero attached hydrogens (tertiary/aromatic N) is 1. The Balaban J connectivity index is 2.37. The normalized spacial score (nSPS) is 18.1. The van der Waals surface area contributed by atoms with Crippen molar-refractivity contribution in [2.24, 2.45) is 0 Å². The predicted octanol–water partition coefficient (Wildman–Crippen LogP) is 0.791. The number of carboxylic acids is 1. The van der Waals surface area contributed by atoms with E-state index in [-0.39, 0.29) is 28.6 Å². The topological polar surface area (TPSA) is 91.8 Å². The summed E-state index contributed by atoms with van der Waals surface area (Å²) in [6.07, 6.45) is 0. The van der Waals surface area contributed by atoms with Gasteiger partial charge >= 0.3 is 5.97 Å². The maximum Gasteiger partial charge on any atom is 0.337 e. The first kappa shape index (κ1) is 15.4. The first-order valence-corrected chi connectivity index (χ1v) is 9.01. The molecule has 0 aliphatic carbocycles. The Morgan fingerprint density at radius 2 is 1.90 bits per heavy atom. The van der Waals surface area contributed by atoms with Crippen molar-refractivity contribution in [2.75, 3.05) is 24.6 Å². The van der Waals surface area contributed by atoms with Crippen molar-refractivity contribution < 1.29 is 22.5 Å². The van der Waals surface area contributed by atoms with Gasteiger partial charge in [-0.2, -0.15) is 4.31 Å². The maximum atomic E-state index is 12.4. The second-order valence-electron chi connectivity index (χ2n) is 4.20. The highest BCUT2D eigenvalue weighted by atomic mass is 35.5. The molecule has 1 aliphatic heterocycles. The average molecular weight is 338 g/mol. The van der Waals surface area contributed by atoms with Crippen LogP contribution in [0.1, 0.15) is 10.4 Å². The Morgan fingerprint density at radius 1 is 1.30 bits per heavy atom. The van der Waals surface area contributed by atoms with Crippen LogP contribution in [0.5, 0.6) is 0 Å². The van der Waals surface area contributed by atoms with E-state index >= 15 is 0 Å². The molecule has 2 rings (SSSR count). The summed E-state index contributed by atoms with van der Waals surface area (Å²) in [6, 6.07) is 3.57. The third-order valence-corrected chi connectivity index (χ3v) is 6.44. The SMILES string of the molecule is O=C(O)c1cc(S(=O)(=O)N2CCS(=O)CC2)ccc1Cl. The number of rotatable bonds is 3. The Bertz CT molecular complexity index is 663. The molecule has 1 aromatic carbocycles. The zero-order valence-corrected chi connectivity index (χ0v) is 12.7. The molecule has 1 heterocycles. The van der Waals surface area contributed by atoms with E-state index in [1.807, 2.05) is 0 Å². The summed E-state index contributed by atoms with van der Waals surface area (Å²) >= 11 is 5.72. The minimum atomic E-state index is -3.78. The lowest BCUT2D eigenvalue weighted by Crippen LogP contribution is -2.41. The number of aromatic carboxylic acids is 1. The zero-order valence-electron chi connectivity index (χ0n) is 10.3. The molecule has 0 aromatic heterocycles. The smallest absolute Gasteiger partial charge is 0.337 e. The van der Waals surface area contributed by atoms with Crippen LogP contribution in [0, 0.1) is 0 Å². The molecule has 1 fully saturated rings. The summed E-state index contributed by atoms with van der Waals surface area (Å²) in [5, 5.41) is 8.95. The molecule has 0 amide bonds. The summed E-state index contributed by atoms with van der Waals surface area (Å²) in [7, 11) is -4.77. The molecule has 0 unspecified atom stereocenters. The Hall–Kier alpha value is -0.960. The standard InChI is InChI=1S/C11H12ClNO5S2/c12-10-2-1-8(7-9(10)11(14)15)20(17,18)13-3-5-19(16)6-4-13/h1-2,7H,3-6H2,(H,14,15). The van der Waals surface area contributed by atoms with Gasteiger partial charge in [0.15, 0.2) is 0 Å². The number of halogens is 1. The second-order valence-corrected chi connectivity index (χ2v) is 8.24. The number of carbonyl (C=O) groups is 1. The summed E-state index contributed by atoms with van der Waals surface area (Å²) in [5.41, 5.74) is -0.256. The summed E-state index contributed by atoms with van der Waals surface area (Å²) < 4.78 is 37.2. The molecular weight excluding hydrogens is 326 g/mol. The van der Waals surface area contributed by atoms with Crippen molar-refractivity contribution in [2.45, 2.75) is 4.90 Å². The molecular formula is C11H12ClNO5S2. The quantitative estimate of drug-likeness (QED) is 0.880. The number of carboxylic acid groups (broad SMARTS) is 1. The van der Waals surface area contributed by atoms with Crippen LogP contribution < -0.4 is 0 Å². The van der Waals surface area contributed by atoms with Crippen LogP contribution in [-0.2, 0) is 20.8 Å². The molecule has 0 radical (unpaired) electrons. The zero-order chi connectivity index (χ0) is 14.9. The molecule has 110 valence electrons. The lowest BCUT2D eigenvalue weighted by atomic mass is 10.2. The molecule has 1 saturated heterocycles. The monoisotopic (exact) mass is 337 g/mol. The van der Waals surface area contributed by atoms with Crippen molar-refractivity contribution in [1.29, 1.82) is 0 Å². The van der Waals surface area contributed by atoms with Gasteiger partial charge in [0.1, 0.15) is 0 Å². The van der Waals surface area contributed by atoms with E-state index in [0.29, 0.717) is 11.5 Å². The van der Waals surface area contributed by atoms with E-state index in [9.17, 15) is 17.4 Å².